The maximum absolute atomic E-state index is 2.55. The van der Waals surface area contributed by atoms with E-state index in [0.717, 1.165) is 0 Å². The molecule has 0 aliphatic heterocycles. The van der Waals surface area contributed by atoms with Gasteiger partial charge < -0.3 is 0 Å². The summed E-state index contributed by atoms with van der Waals surface area (Å²) in [6, 6.07) is 49.9. The van der Waals surface area contributed by atoms with Crippen molar-refractivity contribution in [2.24, 2.45) is 0 Å². The van der Waals surface area contributed by atoms with Crippen LogP contribution in [0.2, 0.25) is 0 Å². The summed E-state index contributed by atoms with van der Waals surface area (Å²) in [6.07, 6.45) is 0. The van der Waals surface area contributed by atoms with E-state index in [2.05, 4.69) is 161 Å². The molecule has 0 radical (unpaired) electrons. The highest BCUT2D eigenvalue weighted by Crippen LogP contribution is 2.62. The van der Waals surface area contributed by atoms with Gasteiger partial charge in [0.2, 0.25) is 0 Å². The summed E-state index contributed by atoms with van der Waals surface area (Å²) in [6.45, 7) is 9.69. The van der Waals surface area contributed by atoms with Crippen LogP contribution in [-0.2, 0) is 10.8 Å². The number of hydrogen-bond acceptors (Lipinski definition) is 0. The van der Waals surface area contributed by atoms with E-state index in [1.54, 1.807) is 0 Å². The highest BCUT2D eigenvalue weighted by molar-refractivity contribution is 6.23. The second kappa shape index (κ2) is 8.80. The number of fused-ring (bicyclic) bond motifs is 8. The minimum atomic E-state index is -0.154. The van der Waals surface area contributed by atoms with Gasteiger partial charge in [0.25, 0.3) is 0 Å². The highest BCUT2D eigenvalue weighted by atomic mass is 14.5. The molecular formula is C44H34. The maximum atomic E-state index is 2.55. The van der Waals surface area contributed by atoms with Gasteiger partial charge in [0.15, 0.2) is 0 Å². The van der Waals surface area contributed by atoms with Crippen LogP contribution in [0.1, 0.15) is 49.9 Å². The Hall–Kier alpha value is -4.94. The fourth-order valence-corrected chi connectivity index (χ4v) is 8.67. The predicted molar refractivity (Wildman–Crippen MR) is 187 cm³/mol. The SMILES string of the molecule is CC1(C)c2ccccc2-c2c1cc1c(c2-c2c3ccccc3c(-c3ccccc3)c3ccccc23)C(C)(C)c2ccccc2-1. The van der Waals surface area contributed by atoms with Crippen molar-refractivity contribution in [3.8, 4) is 44.5 Å². The minimum Gasteiger partial charge on any atom is -0.0622 e. The van der Waals surface area contributed by atoms with Crippen LogP contribution in [0.4, 0.5) is 0 Å². The second-order valence-corrected chi connectivity index (χ2v) is 13.6. The van der Waals surface area contributed by atoms with Gasteiger partial charge in [-0.1, -0.05) is 155 Å². The van der Waals surface area contributed by atoms with Gasteiger partial charge in [-0.3, -0.25) is 0 Å². The smallest absolute Gasteiger partial charge is 0.0165 e. The molecule has 0 amide bonds. The van der Waals surface area contributed by atoms with E-state index in [0.29, 0.717) is 0 Å². The molecule has 0 heteroatoms. The first-order valence-electron chi connectivity index (χ1n) is 15.8. The zero-order chi connectivity index (χ0) is 29.8. The maximum Gasteiger partial charge on any atom is 0.0165 e. The van der Waals surface area contributed by atoms with Gasteiger partial charge in [-0.25, -0.2) is 0 Å². The lowest BCUT2D eigenvalue weighted by molar-refractivity contribution is 0.653. The fraction of sp³-hybridized carbons (Fsp3) is 0.136. The van der Waals surface area contributed by atoms with Crippen LogP contribution in [0.3, 0.4) is 0 Å². The average Bonchev–Trinajstić information content (AvgIpc) is 3.43. The molecule has 0 atom stereocenters. The van der Waals surface area contributed by atoms with Gasteiger partial charge in [-0.15, -0.1) is 0 Å². The van der Waals surface area contributed by atoms with E-state index in [-0.39, 0.29) is 10.8 Å². The van der Waals surface area contributed by atoms with Gasteiger partial charge in [-0.05, 0) is 94.4 Å². The molecule has 44 heavy (non-hydrogen) atoms. The number of benzene rings is 7. The lowest BCUT2D eigenvalue weighted by Gasteiger charge is -2.29. The molecule has 0 bridgehead atoms. The third-order valence-corrected chi connectivity index (χ3v) is 10.6. The molecule has 2 aliphatic rings. The molecule has 0 saturated heterocycles. The monoisotopic (exact) mass is 562 g/mol. The molecule has 0 N–H and O–H groups in total. The van der Waals surface area contributed by atoms with Crippen LogP contribution < -0.4 is 0 Å². The van der Waals surface area contributed by atoms with Crippen molar-refractivity contribution in [3.05, 3.63) is 156 Å². The van der Waals surface area contributed by atoms with Gasteiger partial charge in [0.05, 0.1) is 0 Å². The summed E-state index contributed by atoms with van der Waals surface area (Å²) in [5.74, 6) is 0. The van der Waals surface area contributed by atoms with Crippen molar-refractivity contribution in [3.63, 3.8) is 0 Å². The topological polar surface area (TPSA) is 0 Å². The third kappa shape index (κ3) is 3.18. The molecule has 0 unspecified atom stereocenters. The lowest BCUT2D eigenvalue weighted by Crippen LogP contribution is -2.18. The van der Waals surface area contributed by atoms with Gasteiger partial charge in [0.1, 0.15) is 0 Å². The predicted octanol–water partition coefficient (Wildman–Crippen LogP) is 11.9. The van der Waals surface area contributed by atoms with E-state index >= 15 is 0 Å². The zero-order valence-electron chi connectivity index (χ0n) is 25.7. The van der Waals surface area contributed by atoms with Crippen molar-refractivity contribution in [2.75, 3.05) is 0 Å². The molecule has 0 heterocycles. The zero-order valence-corrected chi connectivity index (χ0v) is 25.7. The highest BCUT2D eigenvalue weighted by Gasteiger charge is 2.45. The quantitative estimate of drug-likeness (QED) is 0.184. The molecule has 7 aromatic rings. The number of hydrogen-bond donors (Lipinski definition) is 0. The molecule has 210 valence electrons. The summed E-state index contributed by atoms with van der Waals surface area (Å²) < 4.78 is 0. The summed E-state index contributed by atoms with van der Waals surface area (Å²) in [5, 5.41) is 5.24. The van der Waals surface area contributed by atoms with Crippen LogP contribution >= 0.6 is 0 Å². The largest absolute Gasteiger partial charge is 0.0622 e. The van der Waals surface area contributed by atoms with Crippen LogP contribution in [0.15, 0.2) is 133 Å². The first kappa shape index (κ1) is 25.5. The molecule has 9 rings (SSSR count). The first-order chi connectivity index (χ1) is 21.4. The Morgan fingerprint density at radius 2 is 0.818 bits per heavy atom. The van der Waals surface area contributed by atoms with Crippen molar-refractivity contribution >= 4 is 21.5 Å². The molecular weight excluding hydrogens is 528 g/mol. The summed E-state index contributed by atoms with van der Waals surface area (Å²) in [7, 11) is 0. The van der Waals surface area contributed by atoms with E-state index in [4.69, 9.17) is 0 Å². The minimum absolute atomic E-state index is 0.104. The second-order valence-electron chi connectivity index (χ2n) is 13.6. The van der Waals surface area contributed by atoms with E-state index in [9.17, 15) is 0 Å². The van der Waals surface area contributed by atoms with E-state index in [1.165, 1.54) is 88.3 Å². The summed E-state index contributed by atoms with van der Waals surface area (Å²) in [4.78, 5) is 0. The molecule has 7 aromatic carbocycles. The Morgan fingerprint density at radius 3 is 1.43 bits per heavy atom. The van der Waals surface area contributed by atoms with E-state index < -0.39 is 0 Å². The first-order valence-corrected chi connectivity index (χ1v) is 15.8. The number of rotatable bonds is 2. The van der Waals surface area contributed by atoms with Gasteiger partial charge >= 0.3 is 0 Å². The Morgan fingerprint density at radius 1 is 0.341 bits per heavy atom. The fourth-order valence-electron chi connectivity index (χ4n) is 8.67. The molecule has 0 aromatic heterocycles. The molecule has 0 fully saturated rings. The molecule has 0 spiro atoms. The summed E-state index contributed by atoms with van der Waals surface area (Å²) >= 11 is 0. The third-order valence-electron chi connectivity index (χ3n) is 10.6. The van der Waals surface area contributed by atoms with E-state index in [1.807, 2.05) is 0 Å². The Bertz CT molecular complexity index is 2260. The van der Waals surface area contributed by atoms with Gasteiger partial charge in [0, 0.05) is 10.8 Å². The van der Waals surface area contributed by atoms with Crippen LogP contribution in [0.25, 0.3) is 66.1 Å². The van der Waals surface area contributed by atoms with Crippen LogP contribution in [0.5, 0.6) is 0 Å². The van der Waals surface area contributed by atoms with Crippen molar-refractivity contribution in [1.29, 1.82) is 0 Å². The Kier molecular flexibility index (Phi) is 5.11. The van der Waals surface area contributed by atoms with Gasteiger partial charge in [-0.2, -0.15) is 0 Å². The average molecular weight is 563 g/mol. The van der Waals surface area contributed by atoms with Crippen LogP contribution in [0, 0.1) is 0 Å². The normalized spacial score (nSPS) is 15.2. The van der Waals surface area contributed by atoms with Crippen molar-refractivity contribution in [1.82, 2.24) is 0 Å². The van der Waals surface area contributed by atoms with Crippen molar-refractivity contribution < 1.29 is 0 Å². The van der Waals surface area contributed by atoms with Crippen LogP contribution in [-0.4, -0.2) is 0 Å². The Labute approximate surface area is 259 Å². The Balaban J connectivity index is 1.55. The van der Waals surface area contributed by atoms with Crippen molar-refractivity contribution in [2.45, 2.75) is 38.5 Å². The lowest BCUT2D eigenvalue weighted by atomic mass is 9.73. The molecule has 2 aliphatic carbocycles. The summed E-state index contributed by atoms with van der Waals surface area (Å²) in [5.41, 5.74) is 16.3. The standard InChI is InChI=1S/C44H34/c1-43(2)36-25-15-13-23-33(36)40-37(43)26-34-28-18-12-14-24-35(28)44(3,4)42(34)41(40)39-31-21-10-8-19-29(31)38(27-16-6-5-7-17-27)30-20-9-11-22-32(30)39/h5-26H,1-4H3. The molecule has 0 nitrogen and oxygen atoms in total. The molecule has 0 saturated carbocycles.